The first-order valence-electron chi connectivity index (χ1n) is 8.03. The summed E-state index contributed by atoms with van der Waals surface area (Å²) < 4.78 is 44.9. The molecule has 0 heterocycles. The molecule has 0 fully saturated rings. The van der Waals surface area contributed by atoms with E-state index in [1.54, 1.807) is 42.5 Å². The summed E-state index contributed by atoms with van der Waals surface area (Å²) in [5.74, 6) is -4.86. The van der Waals surface area contributed by atoms with Gasteiger partial charge in [-0.25, -0.2) is 4.79 Å². The fourth-order valence-corrected chi connectivity index (χ4v) is 2.53. The van der Waals surface area contributed by atoms with Gasteiger partial charge >= 0.3 is 11.9 Å². The number of esters is 1. The Morgan fingerprint density at radius 1 is 1.04 bits per heavy atom. The maximum Gasteiger partial charge on any atom is 0.379 e. The second-order valence-electron chi connectivity index (χ2n) is 5.36. The van der Waals surface area contributed by atoms with Gasteiger partial charge in [0, 0.05) is 5.56 Å². The van der Waals surface area contributed by atoms with Crippen LogP contribution in [0.1, 0.15) is 18.5 Å². The number of carbonyl (C=O) groups excluding carboxylic acids is 1. The maximum atomic E-state index is 15.0. The number of anilines is 1. The fraction of sp³-hybridized carbons (Fsp3) is 0.316. The van der Waals surface area contributed by atoms with Crippen LogP contribution in [0.15, 0.2) is 48.5 Å². The van der Waals surface area contributed by atoms with E-state index < -0.39 is 17.9 Å². The molecule has 0 aliphatic carbocycles. The second-order valence-corrected chi connectivity index (χ2v) is 5.36. The Hall–Kier alpha value is -2.83. The van der Waals surface area contributed by atoms with Crippen LogP contribution in [-0.2, 0) is 9.53 Å². The summed E-state index contributed by atoms with van der Waals surface area (Å²) in [6.45, 7) is 1.32. The van der Waals surface area contributed by atoms with E-state index in [0.717, 1.165) is 0 Å². The highest BCUT2D eigenvalue weighted by Crippen LogP contribution is 2.41. The topological polar surface area (TPSA) is 56.8 Å². The fourth-order valence-electron chi connectivity index (χ4n) is 2.53. The van der Waals surface area contributed by atoms with Crippen LogP contribution >= 0.6 is 0 Å². The van der Waals surface area contributed by atoms with Gasteiger partial charge in [-0.15, -0.1) is 0 Å². The number of hydrogen-bond acceptors (Lipinski definition) is 5. The zero-order chi connectivity index (χ0) is 19.2. The lowest BCUT2D eigenvalue weighted by atomic mass is 9.98. The van der Waals surface area contributed by atoms with E-state index in [-0.39, 0.29) is 17.9 Å². The Kier molecular flexibility index (Phi) is 6.38. The molecule has 2 aromatic rings. The first-order chi connectivity index (χ1) is 12.5. The van der Waals surface area contributed by atoms with Gasteiger partial charge in [0.25, 0.3) is 0 Å². The summed E-state index contributed by atoms with van der Waals surface area (Å²) in [4.78, 5) is 11.9. The lowest BCUT2D eigenvalue weighted by molar-refractivity contribution is -0.173. The van der Waals surface area contributed by atoms with E-state index in [9.17, 15) is 13.6 Å². The van der Waals surface area contributed by atoms with Crippen LogP contribution in [0.25, 0.3) is 0 Å². The van der Waals surface area contributed by atoms with Crippen LogP contribution in [0.2, 0.25) is 0 Å². The Bertz CT molecular complexity index is 752. The Morgan fingerprint density at radius 3 is 2.23 bits per heavy atom. The smallest absolute Gasteiger partial charge is 0.379 e. The van der Waals surface area contributed by atoms with Crippen molar-refractivity contribution in [1.29, 1.82) is 0 Å². The number of rotatable bonds is 8. The number of carbonyl (C=O) groups is 1. The van der Waals surface area contributed by atoms with Crippen LogP contribution in [-0.4, -0.2) is 32.7 Å². The van der Waals surface area contributed by atoms with Crippen molar-refractivity contribution in [2.24, 2.45) is 0 Å². The average molecular weight is 365 g/mol. The van der Waals surface area contributed by atoms with E-state index >= 15 is 0 Å². The molecule has 0 bridgehead atoms. The monoisotopic (exact) mass is 365 g/mol. The first kappa shape index (κ1) is 19.5. The predicted molar refractivity (Wildman–Crippen MR) is 93.9 cm³/mol. The van der Waals surface area contributed by atoms with Crippen molar-refractivity contribution in [3.05, 3.63) is 54.1 Å². The highest BCUT2D eigenvalue weighted by atomic mass is 19.3. The third-order valence-electron chi connectivity index (χ3n) is 3.77. The highest BCUT2D eigenvalue weighted by molar-refractivity contribution is 5.80. The molecule has 5 nitrogen and oxygen atoms in total. The highest BCUT2D eigenvalue weighted by Gasteiger charge is 2.51. The van der Waals surface area contributed by atoms with Gasteiger partial charge < -0.3 is 19.5 Å². The maximum absolute atomic E-state index is 15.0. The summed E-state index contributed by atoms with van der Waals surface area (Å²) >= 11 is 0. The molecule has 0 spiro atoms. The van der Waals surface area contributed by atoms with Gasteiger partial charge in [0.15, 0.2) is 0 Å². The zero-order valence-corrected chi connectivity index (χ0v) is 14.8. The number of methoxy groups -OCH3 is 2. The largest absolute Gasteiger partial charge is 0.496 e. The third kappa shape index (κ3) is 4.04. The van der Waals surface area contributed by atoms with Crippen molar-refractivity contribution in [1.82, 2.24) is 0 Å². The summed E-state index contributed by atoms with van der Waals surface area (Å²) in [5, 5.41) is 2.71. The molecule has 1 N–H and O–H groups in total. The molecule has 0 radical (unpaired) electrons. The zero-order valence-electron chi connectivity index (χ0n) is 14.8. The summed E-state index contributed by atoms with van der Waals surface area (Å²) in [6.07, 6.45) is 0. The normalized spacial score (nSPS) is 12.2. The van der Waals surface area contributed by atoms with Crippen LogP contribution < -0.4 is 14.8 Å². The Labute approximate surface area is 150 Å². The molecule has 2 rings (SSSR count). The molecule has 0 aromatic heterocycles. The van der Waals surface area contributed by atoms with Gasteiger partial charge in [-0.1, -0.05) is 30.3 Å². The number of nitrogens with one attached hydrogen (secondary N) is 1. The van der Waals surface area contributed by atoms with Gasteiger partial charge in [-0.2, -0.15) is 8.78 Å². The molecule has 0 aliphatic heterocycles. The molecular formula is C19H21F2NO4. The standard InChI is InChI=1S/C19H21F2NO4/c1-4-26-18(23)19(20,21)17(13-9-5-7-11-15(13)24-2)22-14-10-6-8-12-16(14)25-3/h5-12,17,22H,4H2,1-3H3. The third-order valence-corrected chi connectivity index (χ3v) is 3.77. The van der Waals surface area contributed by atoms with E-state index in [4.69, 9.17) is 9.47 Å². The van der Waals surface area contributed by atoms with Crippen molar-refractivity contribution in [2.45, 2.75) is 18.9 Å². The molecule has 140 valence electrons. The second kappa shape index (κ2) is 8.51. The minimum atomic E-state index is -3.84. The van der Waals surface area contributed by atoms with E-state index in [1.807, 2.05) is 0 Å². The van der Waals surface area contributed by atoms with Gasteiger partial charge in [-0.3, -0.25) is 0 Å². The van der Waals surface area contributed by atoms with Crippen LogP contribution in [0.4, 0.5) is 14.5 Å². The van der Waals surface area contributed by atoms with Crippen molar-refractivity contribution in [2.75, 3.05) is 26.1 Å². The quantitative estimate of drug-likeness (QED) is 0.715. The van der Waals surface area contributed by atoms with Crippen molar-refractivity contribution >= 4 is 11.7 Å². The molecule has 1 unspecified atom stereocenters. The number of hydrogen-bond donors (Lipinski definition) is 1. The van der Waals surface area contributed by atoms with Gasteiger partial charge in [0.1, 0.15) is 17.5 Å². The first-order valence-corrected chi connectivity index (χ1v) is 8.03. The number of benzene rings is 2. The summed E-state index contributed by atoms with van der Waals surface area (Å²) in [6, 6.07) is 11.2. The van der Waals surface area contributed by atoms with Crippen LogP contribution in [0.3, 0.4) is 0 Å². The van der Waals surface area contributed by atoms with Crippen molar-refractivity contribution < 1.29 is 27.8 Å². The molecule has 0 amide bonds. The lowest BCUT2D eigenvalue weighted by Gasteiger charge is -2.29. The van der Waals surface area contributed by atoms with Crippen molar-refractivity contribution in [3.8, 4) is 11.5 Å². The number of alkyl halides is 2. The molecule has 0 saturated carbocycles. The SMILES string of the molecule is CCOC(=O)C(F)(F)C(Nc1ccccc1OC)c1ccccc1OC. The molecule has 26 heavy (non-hydrogen) atoms. The number of ether oxygens (including phenoxy) is 3. The molecule has 7 heteroatoms. The summed E-state index contributed by atoms with van der Waals surface area (Å²) in [7, 11) is 2.81. The predicted octanol–water partition coefficient (Wildman–Crippen LogP) is 4.06. The van der Waals surface area contributed by atoms with Crippen LogP contribution in [0.5, 0.6) is 11.5 Å². The molecule has 0 aliphatic rings. The minimum absolute atomic E-state index is 0.124. The van der Waals surface area contributed by atoms with Gasteiger partial charge in [0.2, 0.25) is 0 Å². The van der Waals surface area contributed by atoms with E-state index in [0.29, 0.717) is 11.4 Å². The summed E-state index contributed by atoms with van der Waals surface area (Å²) in [5.41, 5.74) is 0.439. The van der Waals surface area contributed by atoms with Crippen LogP contribution in [0, 0.1) is 0 Å². The Balaban J connectivity index is 2.53. The minimum Gasteiger partial charge on any atom is -0.496 e. The van der Waals surface area contributed by atoms with E-state index in [2.05, 4.69) is 10.1 Å². The van der Waals surface area contributed by atoms with E-state index in [1.165, 1.54) is 27.2 Å². The molecular weight excluding hydrogens is 344 g/mol. The molecule has 2 aromatic carbocycles. The average Bonchev–Trinajstić information content (AvgIpc) is 2.66. The lowest BCUT2D eigenvalue weighted by Crippen LogP contribution is -2.41. The Morgan fingerprint density at radius 2 is 1.62 bits per heavy atom. The van der Waals surface area contributed by atoms with Crippen molar-refractivity contribution in [3.63, 3.8) is 0 Å². The van der Waals surface area contributed by atoms with Gasteiger partial charge in [-0.05, 0) is 25.1 Å². The molecule has 1 atom stereocenters. The van der Waals surface area contributed by atoms with Gasteiger partial charge in [0.05, 0.1) is 26.5 Å². The molecule has 0 saturated heterocycles. The number of halogens is 2. The number of para-hydroxylation sites is 3.